The van der Waals surface area contributed by atoms with Gasteiger partial charge in [-0.15, -0.1) is 10.2 Å². The molecule has 1 heterocycles. The largest absolute Gasteiger partial charge is 0.464 e. The molecule has 0 aliphatic carbocycles. The molecule has 0 unspecified atom stereocenters. The van der Waals surface area contributed by atoms with E-state index in [9.17, 15) is 13.2 Å². The van der Waals surface area contributed by atoms with Crippen LogP contribution in [-0.4, -0.2) is 69.8 Å². The van der Waals surface area contributed by atoms with Crippen LogP contribution in [0.15, 0.2) is 71.6 Å². The van der Waals surface area contributed by atoms with Crippen LogP contribution in [0.2, 0.25) is 10.0 Å². The molecule has 0 saturated carbocycles. The molecule has 4 rings (SSSR count). The minimum absolute atomic E-state index is 0.130. The Morgan fingerprint density at radius 2 is 1.64 bits per heavy atom. The molecule has 0 radical (unpaired) electrons. The number of anilines is 2. The van der Waals surface area contributed by atoms with Gasteiger partial charge in [-0.1, -0.05) is 54.7 Å². The molecule has 0 fully saturated rings. The number of esters is 1. The van der Waals surface area contributed by atoms with Crippen LogP contribution < -0.4 is 9.62 Å². The van der Waals surface area contributed by atoms with Crippen molar-refractivity contribution in [3.05, 3.63) is 76.8 Å². The van der Waals surface area contributed by atoms with Gasteiger partial charge in [0.15, 0.2) is 0 Å². The molecule has 0 bridgehead atoms. The topological polar surface area (TPSA) is 105 Å². The number of nitrogens with one attached hydrogen (secondary N) is 1. The van der Waals surface area contributed by atoms with E-state index in [1.165, 1.54) is 18.2 Å². The molecule has 42 heavy (non-hydrogen) atoms. The maximum atomic E-state index is 13.8. The number of benzene rings is 3. The summed E-state index contributed by atoms with van der Waals surface area (Å²) in [6, 6.07) is 18.7. The number of fused-ring (bicyclic) bond motifs is 1. The molecule has 4 aromatic rings. The fourth-order valence-electron chi connectivity index (χ4n) is 4.15. The summed E-state index contributed by atoms with van der Waals surface area (Å²) >= 11 is 12.2. The number of carbonyl (C=O) groups is 1. The predicted octanol–water partition coefficient (Wildman–Crippen LogP) is 6.12. The molecule has 3 aromatic carbocycles. The van der Waals surface area contributed by atoms with E-state index in [4.69, 9.17) is 27.9 Å². The van der Waals surface area contributed by atoms with E-state index < -0.39 is 22.5 Å². The van der Waals surface area contributed by atoms with Gasteiger partial charge in [0.1, 0.15) is 12.4 Å². The van der Waals surface area contributed by atoms with Gasteiger partial charge in [-0.2, -0.15) is 0 Å². The van der Waals surface area contributed by atoms with Crippen molar-refractivity contribution in [2.75, 3.05) is 50.0 Å². The monoisotopic (exact) mass is 629 g/mol. The molecule has 0 amide bonds. The average molecular weight is 631 g/mol. The molecule has 0 saturated heterocycles. The Morgan fingerprint density at radius 1 is 0.929 bits per heavy atom. The first-order valence-corrected chi connectivity index (χ1v) is 15.7. The third kappa shape index (κ3) is 8.10. The van der Waals surface area contributed by atoms with Crippen molar-refractivity contribution in [3.63, 3.8) is 0 Å². The first kappa shape index (κ1) is 31.5. The zero-order valence-electron chi connectivity index (χ0n) is 23.7. The summed E-state index contributed by atoms with van der Waals surface area (Å²) in [7, 11) is -0.209. The van der Waals surface area contributed by atoms with Crippen molar-refractivity contribution in [2.24, 2.45) is 0 Å². The van der Waals surface area contributed by atoms with Crippen LogP contribution in [0.3, 0.4) is 0 Å². The summed E-state index contributed by atoms with van der Waals surface area (Å²) in [5.74, 6) is 0.0374. The Kier molecular flexibility index (Phi) is 10.6. The second-order valence-corrected chi connectivity index (χ2v) is 12.7. The minimum atomic E-state index is -4.22. The molecular formula is C30H33Cl2N5O4S. The lowest BCUT2D eigenvalue weighted by atomic mass is 10.0. The summed E-state index contributed by atoms with van der Waals surface area (Å²) in [6.07, 6.45) is 1.52. The smallest absolute Gasteiger partial charge is 0.326 e. The van der Waals surface area contributed by atoms with Crippen molar-refractivity contribution < 1.29 is 17.9 Å². The molecule has 0 aliphatic rings. The number of unbranched alkanes of at least 4 members (excludes halogenated alkanes) is 1. The molecule has 222 valence electrons. The van der Waals surface area contributed by atoms with E-state index in [0.29, 0.717) is 23.6 Å². The van der Waals surface area contributed by atoms with Gasteiger partial charge in [0, 0.05) is 28.7 Å². The molecule has 1 aromatic heterocycles. The summed E-state index contributed by atoms with van der Waals surface area (Å²) in [5, 5.41) is 13.8. The van der Waals surface area contributed by atoms with Crippen molar-refractivity contribution >= 4 is 61.5 Å². The van der Waals surface area contributed by atoms with E-state index in [1.807, 2.05) is 51.4 Å². The van der Waals surface area contributed by atoms with Crippen LogP contribution in [0.4, 0.5) is 11.5 Å². The van der Waals surface area contributed by atoms with Gasteiger partial charge in [0.05, 0.1) is 22.9 Å². The maximum absolute atomic E-state index is 13.8. The summed E-state index contributed by atoms with van der Waals surface area (Å²) in [4.78, 5) is 14.6. The van der Waals surface area contributed by atoms with E-state index in [2.05, 4.69) is 20.4 Å². The number of nitrogens with zero attached hydrogens (tertiary/aromatic N) is 4. The van der Waals surface area contributed by atoms with Crippen molar-refractivity contribution in [1.82, 2.24) is 15.1 Å². The Hall–Kier alpha value is -3.44. The van der Waals surface area contributed by atoms with Crippen LogP contribution in [0.1, 0.15) is 19.8 Å². The molecule has 0 aliphatic heterocycles. The lowest BCUT2D eigenvalue weighted by Gasteiger charge is -2.24. The summed E-state index contributed by atoms with van der Waals surface area (Å²) in [6.45, 7) is 3.31. The fraction of sp³-hybridized carbons (Fsp3) is 0.300. The zero-order chi connectivity index (χ0) is 30.3. The Bertz CT molecular complexity index is 1630. The maximum Gasteiger partial charge on any atom is 0.326 e. The fourth-order valence-corrected chi connectivity index (χ4v) is 6.28. The Labute approximate surface area is 256 Å². The van der Waals surface area contributed by atoms with Crippen LogP contribution in [0.5, 0.6) is 0 Å². The summed E-state index contributed by atoms with van der Waals surface area (Å²) < 4.78 is 33.9. The van der Waals surface area contributed by atoms with E-state index in [0.717, 1.165) is 40.2 Å². The molecule has 12 heteroatoms. The molecular weight excluding hydrogens is 597 g/mol. The van der Waals surface area contributed by atoms with Gasteiger partial charge < -0.3 is 15.0 Å². The number of sulfonamides is 1. The molecule has 9 nitrogen and oxygen atoms in total. The molecule has 1 N–H and O–H groups in total. The van der Waals surface area contributed by atoms with Gasteiger partial charge >= 0.3 is 5.97 Å². The van der Waals surface area contributed by atoms with Gasteiger partial charge in [0.2, 0.25) is 0 Å². The highest BCUT2D eigenvalue weighted by Crippen LogP contribution is 2.31. The third-order valence-electron chi connectivity index (χ3n) is 6.39. The van der Waals surface area contributed by atoms with Crippen LogP contribution in [0.25, 0.3) is 22.0 Å². The first-order valence-electron chi connectivity index (χ1n) is 13.5. The predicted molar refractivity (Wildman–Crippen MR) is 169 cm³/mol. The first-order chi connectivity index (χ1) is 20.1. The number of hydrogen-bond acceptors (Lipinski definition) is 8. The number of carbonyl (C=O) groups excluding carboxylic acids is 1. The number of likely N-dealkylation sites (N-methyl/N-ethyl adjacent to an activating group) is 1. The lowest BCUT2D eigenvalue weighted by Crippen LogP contribution is -2.36. The normalized spacial score (nSPS) is 11.6. The third-order valence-corrected chi connectivity index (χ3v) is 8.58. The Morgan fingerprint density at radius 3 is 2.31 bits per heavy atom. The highest BCUT2D eigenvalue weighted by molar-refractivity contribution is 7.92. The number of ether oxygens (including phenoxy) is 1. The average Bonchev–Trinajstić information content (AvgIpc) is 2.95. The standard InChI is InChI=1S/C30H33Cl2N5O4S/c1-4-5-14-41-30(38)20-37(42(39,40)27-18-24(31)17-25(32)19-27)26-9-8-21-15-23(7-6-22(21)16-26)28-10-11-29(35-34-28)33-12-13-36(2)3/h6-11,15-19H,4-5,12-14,20H2,1-3H3,(H,33,35). The Balaban J connectivity index is 1.63. The number of halogens is 2. The van der Waals surface area contributed by atoms with Crippen LogP contribution in [0, 0.1) is 0 Å². The molecule has 0 atom stereocenters. The van der Waals surface area contributed by atoms with E-state index in [1.54, 1.807) is 18.2 Å². The van der Waals surface area contributed by atoms with Crippen LogP contribution in [-0.2, 0) is 19.6 Å². The van der Waals surface area contributed by atoms with Crippen molar-refractivity contribution in [3.8, 4) is 11.3 Å². The minimum Gasteiger partial charge on any atom is -0.464 e. The van der Waals surface area contributed by atoms with Crippen molar-refractivity contribution in [2.45, 2.75) is 24.7 Å². The SMILES string of the molecule is CCCCOC(=O)CN(c1ccc2cc(-c3ccc(NCCN(C)C)nn3)ccc2c1)S(=O)(=O)c1cc(Cl)cc(Cl)c1. The highest BCUT2D eigenvalue weighted by atomic mass is 35.5. The number of aromatic nitrogens is 2. The van der Waals surface area contributed by atoms with Gasteiger partial charge in [0.25, 0.3) is 10.0 Å². The van der Waals surface area contributed by atoms with E-state index in [-0.39, 0.29) is 21.5 Å². The highest BCUT2D eigenvalue weighted by Gasteiger charge is 2.29. The van der Waals surface area contributed by atoms with E-state index >= 15 is 0 Å². The second kappa shape index (κ2) is 14.2. The quantitative estimate of drug-likeness (QED) is 0.139. The second-order valence-electron chi connectivity index (χ2n) is 9.97. The molecule has 0 spiro atoms. The van der Waals surface area contributed by atoms with Crippen molar-refractivity contribution in [1.29, 1.82) is 0 Å². The van der Waals surface area contributed by atoms with Gasteiger partial charge in [-0.25, -0.2) is 8.42 Å². The van der Waals surface area contributed by atoms with Gasteiger partial charge in [-0.3, -0.25) is 9.10 Å². The van der Waals surface area contributed by atoms with Crippen LogP contribution >= 0.6 is 23.2 Å². The summed E-state index contributed by atoms with van der Waals surface area (Å²) in [5.41, 5.74) is 1.86. The number of rotatable bonds is 13. The van der Waals surface area contributed by atoms with Gasteiger partial charge in [-0.05, 0) is 79.8 Å². The zero-order valence-corrected chi connectivity index (χ0v) is 26.0. The lowest BCUT2D eigenvalue weighted by molar-refractivity contribution is -0.141. The number of hydrogen-bond donors (Lipinski definition) is 1.